The zero-order chi connectivity index (χ0) is 12.3. The van der Waals surface area contributed by atoms with E-state index in [1.165, 1.54) is 16.7 Å². The van der Waals surface area contributed by atoms with Gasteiger partial charge in [-0.25, -0.2) is 4.98 Å². The molecule has 1 heterocycles. The Morgan fingerprint density at radius 3 is 2.41 bits per heavy atom. The third-order valence-electron chi connectivity index (χ3n) is 2.37. The van der Waals surface area contributed by atoms with Gasteiger partial charge in [-0.05, 0) is 31.5 Å². The number of aromatic nitrogens is 1. The van der Waals surface area contributed by atoms with Gasteiger partial charge in [0.1, 0.15) is 0 Å². The highest BCUT2D eigenvalue weighted by Gasteiger charge is 1.99. The van der Waals surface area contributed by atoms with E-state index in [1.54, 1.807) is 18.0 Å². The maximum atomic E-state index is 5.80. The Morgan fingerprint density at radius 2 is 1.82 bits per heavy atom. The average molecular weight is 264 g/mol. The van der Waals surface area contributed by atoms with E-state index in [0.29, 0.717) is 5.02 Å². The van der Waals surface area contributed by atoms with Crippen molar-refractivity contribution in [1.29, 1.82) is 0 Å². The molecule has 0 atom stereocenters. The molecular formula is C14H14ClNS. The molecule has 88 valence electrons. The Labute approximate surface area is 111 Å². The summed E-state index contributed by atoms with van der Waals surface area (Å²) in [6.07, 6.45) is 1.69. The molecule has 0 fully saturated rings. The minimum atomic E-state index is 0.681. The number of pyridine rings is 1. The first-order chi connectivity index (χ1) is 8.13. The van der Waals surface area contributed by atoms with Crippen LogP contribution in [0.5, 0.6) is 0 Å². The molecule has 0 amide bonds. The molecule has 1 aromatic carbocycles. The van der Waals surface area contributed by atoms with E-state index in [0.717, 1.165) is 10.8 Å². The summed E-state index contributed by atoms with van der Waals surface area (Å²) in [6, 6.07) is 10.5. The second kappa shape index (κ2) is 5.56. The molecule has 3 heteroatoms. The van der Waals surface area contributed by atoms with Crippen LogP contribution in [0.2, 0.25) is 5.02 Å². The van der Waals surface area contributed by atoms with E-state index in [-0.39, 0.29) is 0 Å². The number of thioether (sulfide) groups is 1. The lowest BCUT2D eigenvalue weighted by atomic mass is 10.1. The van der Waals surface area contributed by atoms with Crippen molar-refractivity contribution in [3.8, 4) is 0 Å². The van der Waals surface area contributed by atoms with Gasteiger partial charge in [0.05, 0.1) is 10.0 Å². The minimum Gasteiger partial charge on any atom is -0.248 e. The first-order valence-corrected chi connectivity index (χ1v) is 6.81. The highest BCUT2D eigenvalue weighted by atomic mass is 35.5. The molecule has 1 aromatic heterocycles. The highest BCUT2D eigenvalue weighted by Crippen LogP contribution is 2.22. The monoisotopic (exact) mass is 263 g/mol. The molecule has 0 bridgehead atoms. The normalized spacial score (nSPS) is 10.5. The van der Waals surface area contributed by atoms with E-state index in [4.69, 9.17) is 11.6 Å². The van der Waals surface area contributed by atoms with Crippen LogP contribution in [0.1, 0.15) is 16.7 Å². The van der Waals surface area contributed by atoms with Crippen LogP contribution < -0.4 is 0 Å². The number of hydrogen-bond donors (Lipinski definition) is 0. The quantitative estimate of drug-likeness (QED) is 0.748. The summed E-state index contributed by atoms with van der Waals surface area (Å²) in [5.74, 6) is 0.942. The molecule has 0 radical (unpaired) electrons. The summed E-state index contributed by atoms with van der Waals surface area (Å²) < 4.78 is 0. The van der Waals surface area contributed by atoms with Crippen LogP contribution in [-0.2, 0) is 5.75 Å². The molecule has 0 spiro atoms. The third-order valence-corrected chi connectivity index (χ3v) is 3.61. The molecule has 0 saturated carbocycles. The van der Waals surface area contributed by atoms with Crippen LogP contribution >= 0.6 is 23.4 Å². The SMILES string of the molecule is Cc1cc(C)cc(CSc2ccc(Cl)cn2)c1. The van der Waals surface area contributed by atoms with E-state index >= 15 is 0 Å². The van der Waals surface area contributed by atoms with Gasteiger partial charge in [-0.1, -0.05) is 40.9 Å². The fraction of sp³-hybridized carbons (Fsp3) is 0.214. The topological polar surface area (TPSA) is 12.9 Å². The summed E-state index contributed by atoms with van der Waals surface area (Å²) in [5.41, 5.74) is 3.96. The lowest BCUT2D eigenvalue weighted by Crippen LogP contribution is -1.86. The molecular weight excluding hydrogens is 250 g/mol. The van der Waals surface area contributed by atoms with Crippen molar-refractivity contribution in [2.24, 2.45) is 0 Å². The fourth-order valence-electron chi connectivity index (χ4n) is 1.76. The maximum Gasteiger partial charge on any atom is 0.0964 e. The van der Waals surface area contributed by atoms with Gasteiger partial charge in [-0.2, -0.15) is 0 Å². The Morgan fingerprint density at radius 1 is 1.12 bits per heavy atom. The smallest absolute Gasteiger partial charge is 0.0964 e. The standard InChI is InChI=1S/C14H14ClNS/c1-10-5-11(2)7-12(6-10)9-17-14-4-3-13(15)8-16-14/h3-8H,9H2,1-2H3. The zero-order valence-corrected chi connectivity index (χ0v) is 11.5. The summed E-state index contributed by atoms with van der Waals surface area (Å²) >= 11 is 7.53. The number of nitrogens with zero attached hydrogens (tertiary/aromatic N) is 1. The molecule has 2 rings (SSSR count). The summed E-state index contributed by atoms with van der Waals surface area (Å²) in [6.45, 7) is 4.25. The van der Waals surface area contributed by atoms with Crippen molar-refractivity contribution in [3.63, 3.8) is 0 Å². The number of halogens is 1. The van der Waals surface area contributed by atoms with Crippen LogP contribution in [0.3, 0.4) is 0 Å². The van der Waals surface area contributed by atoms with Gasteiger partial charge in [-0.15, -0.1) is 11.8 Å². The van der Waals surface area contributed by atoms with Crippen molar-refractivity contribution in [1.82, 2.24) is 4.98 Å². The van der Waals surface area contributed by atoms with E-state index in [1.807, 2.05) is 12.1 Å². The lowest BCUT2D eigenvalue weighted by molar-refractivity contribution is 1.13. The second-order valence-corrected chi connectivity index (χ2v) is 5.53. The highest BCUT2D eigenvalue weighted by molar-refractivity contribution is 7.98. The van der Waals surface area contributed by atoms with Gasteiger partial charge in [-0.3, -0.25) is 0 Å². The average Bonchev–Trinajstić information content (AvgIpc) is 2.27. The van der Waals surface area contributed by atoms with Crippen LogP contribution in [0.4, 0.5) is 0 Å². The number of rotatable bonds is 3. The Kier molecular flexibility index (Phi) is 4.08. The first-order valence-electron chi connectivity index (χ1n) is 5.45. The predicted molar refractivity (Wildman–Crippen MR) is 74.7 cm³/mol. The Bertz CT molecular complexity index is 488. The van der Waals surface area contributed by atoms with Crippen LogP contribution in [0, 0.1) is 13.8 Å². The van der Waals surface area contributed by atoms with Gasteiger partial charge < -0.3 is 0 Å². The van der Waals surface area contributed by atoms with Gasteiger partial charge >= 0.3 is 0 Å². The van der Waals surface area contributed by atoms with Crippen LogP contribution in [0.15, 0.2) is 41.6 Å². The molecule has 0 aliphatic heterocycles. The Hall–Kier alpha value is -0.990. The number of benzene rings is 1. The second-order valence-electron chi connectivity index (χ2n) is 4.10. The molecule has 0 saturated heterocycles. The predicted octanol–water partition coefficient (Wildman–Crippen LogP) is 4.64. The molecule has 17 heavy (non-hydrogen) atoms. The summed E-state index contributed by atoms with van der Waals surface area (Å²) in [7, 11) is 0. The summed E-state index contributed by atoms with van der Waals surface area (Å²) in [4.78, 5) is 4.27. The number of hydrogen-bond acceptors (Lipinski definition) is 2. The largest absolute Gasteiger partial charge is 0.248 e. The third kappa shape index (κ3) is 3.76. The fourth-order valence-corrected chi connectivity index (χ4v) is 2.64. The van der Waals surface area contributed by atoms with Gasteiger partial charge in [0.15, 0.2) is 0 Å². The van der Waals surface area contributed by atoms with Crippen LogP contribution in [0.25, 0.3) is 0 Å². The molecule has 1 nitrogen and oxygen atoms in total. The molecule has 0 aliphatic carbocycles. The number of aryl methyl sites for hydroxylation is 2. The van der Waals surface area contributed by atoms with Crippen molar-refractivity contribution in [3.05, 3.63) is 58.2 Å². The van der Waals surface area contributed by atoms with Crippen LogP contribution in [-0.4, -0.2) is 4.98 Å². The Balaban J connectivity index is 2.04. The minimum absolute atomic E-state index is 0.681. The maximum absolute atomic E-state index is 5.80. The van der Waals surface area contributed by atoms with Gasteiger partial charge in [0, 0.05) is 11.9 Å². The first kappa shape index (κ1) is 12.5. The van der Waals surface area contributed by atoms with E-state index in [2.05, 4.69) is 37.0 Å². The van der Waals surface area contributed by atoms with Crippen molar-refractivity contribution >= 4 is 23.4 Å². The van der Waals surface area contributed by atoms with Crippen molar-refractivity contribution in [2.45, 2.75) is 24.6 Å². The zero-order valence-electron chi connectivity index (χ0n) is 9.90. The van der Waals surface area contributed by atoms with Gasteiger partial charge in [0.25, 0.3) is 0 Å². The van der Waals surface area contributed by atoms with Gasteiger partial charge in [0.2, 0.25) is 0 Å². The van der Waals surface area contributed by atoms with E-state index < -0.39 is 0 Å². The molecule has 0 aliphatic rings. The summed E-state index contributed by atoms with van der Waals surface area (Å²) in [5, 5.41) is 1.69. The van der Waals surface area contributed by atoms with Crippen molar-refractivity contribution < 1.29 is 0 Å². The molecule has 2 aromatic rings. The van der Waals surface area contributed by atoms with Crippen molar-refractivity contribution in [2.75, 3.05) is 0 Å². The molecule has 0 N–H and O–H groups in total. The lowest BCUT2D eigenvalue weighted by Gasteiger charge is -2.04. The molecule has 0 unspecified atom stereocenters. The van der Waals surface area contributed by atoms with E-state index in [9.17, 15) is 0 Å².